The highest BCUT2D eigenvalue weighted by atomic mass is 32.1. The molecule has 0 aliphatic rings. The van der Waals surface area contributed by atoms with Gasteiger partial charge in [-0.15, -0.1) is 11.3 Å². The smallest absolute Gasteiger partial charge is 0.380 e. The Labute approximate surface area is 110 Å². The maximum atomic E-state index is 12.2. The van der Waals surface area contributed by atoms with Gasteiger partial charge in [0.25, 0.3) is 0 Å². The summed E-state index contributed by atoms with van der Waals surface area (Å²) >= 11 is 1.32. The van der Waals surface area contributed by atoms with Crippen LogP contribution in [0, 0.1) is 0 Å². The van der Waals surface area contributed by atoms with E-state index in [1.807, 2.05) is 0 Å². The molecule has 2 heterocycles. The molecular formula is C10H8F2N4O2S. The van der Waals surface area contributed by atoms with Crippen LogP contribution in [-0.2, 0) is 4.84 Å². The Kier molecular flexibility index (Phi) is 3.85. The molecule has 0 saturated carbocycles. The number of hydrogen-bond donors (Lipinski definition) is 1. The minimum Gasteiger partial charge on any atom is -0.380 e. The first-order chi connectivity index (χ1) is 9.08. The average Bonchev–Trinajstić information content (AvgIpc) is 3.05. The molecule has 0 fully saturated rings. The summed E-state index contributed by atoms with van der Waals surface area (Å²) in [7, 11) is 0. The quantitative estimate of drug-likeness (QED) is 0.402. The number of carbonyl (C=O) groups is 1. The minimum atomic E-state index is -2.82. The monoisotopic (exact) mass is 286 g/mol. The van der Waals surface area contributed by atoms with Crippen LogP contribution < -0.4 is 5.73 Å². The van der Waals surface area contributed by atoms with E-state index < -0.39 is 12.5 Å². The average molecular weight is 286 g/mol. The highest BCUT2D eigenvalue weighted by Crippen LogP contribution is 2.10. The summed E-state index contributed by atoms with van der Waals surface area (Å²) < 4.78 is 24.8. The number of oxime groups is 1. The third-order valence-electron chi connectivity index (χ3n) is 2.02. The molecule has 0 amide bonds. The van der Waals surface area contributed by atoms with Crippen LogP contribution in [0.5, 0.6) is 0 Å². The molecular weight excluding hydrogens is 278 g/mol. The molecule has 2 aromatic heterocycles. The first-order valence-electron chi connectivity index (χ1n) is 5.00. The molecule has 0 atom stereocenters. The van der Waals surface area contributed by atoms with Crippen LogP contribution in [0.25, 0.3) is 0 Å². The van der Waals surface area contributed by atoms with Gasteiger partial charge in [0.2, 0.25) is 0 Å². The van der Waals surface area contributed by atoms with Crippen molar-refractivity contribution >= 4 is 23.1 Å². The van der Waals surface area contributed by atoms with E-state index in [1.165, 1.54) is 11.3 Å². The Balaban J connectivity index is 2.03. The first kappa shape index (κ1) is 13.1. The van der Waals surface area contributed by atoms with Gasteiger partial charge in [0, 0.05) is 6.20 Å². The predicted molar refractivity (Wildman–Crippen MR) is 63.9 cm³/mol. The number of nitrogens with two attached hydrogens (primary N) is 1. The molecule has 2 aromatic rings. The van der Waals surface area contributed by atoms with Crippen molar-refractivity contribution in [2.45, 2.75) is 6.55 Å². The Bertz CT molecular complexity index is 594. The lowest BCUT2D eigenvalue weighted by molar-refractivity contribution is 0.0472. The molecule has 0 aliphatic heterocycles. The molecule has 19 heavy (non-hydrogen) atoms. The van der Waals surface area contributed by atoms with Gasteiger partial charge in [-0.2, -0.15) is 13.9 Å². The summed E-state index contributed by atoms with van der Waals surface area (Å²) in [6.45, 7) is -2.82. The molecule has 2 rings (SSSR count). The van der Waals surface area contributed by atoms with Crippen molar-refractivity contribution in [2.75, 3.05) is 0 Å². The third-order valence-corrected chi connectivity index (χ3v) is 2.91. The predicted octanol–water partition coefficient (Wildman–Crippen LogP) is 1.82. The van der Waals surface area contributed by atoms with E-state index in [2.05, 4.69) is 15.1 Å². The minimum absolute atomic E-state index is 0.0247. The molecule has 0 bridgehead atoms. The molecule has 0 saturated heterocycles. The topological polar surface area (TPSA) is 82.5 Å². The van der Waals surface area contributed by atoms with E-state index in [0.717, 1.165) is 12.3 Å². The molecule has 0 spiro atoms. The van der Waals surface area contributed by atoms with Crippen molar-refractivity contribution in [1.82, 2.24) is 9.78 Å². The lowest BCUT2D eigenvalue weighted by atomic mass is 10.4. The van der Waals surface area contributed by atoms with Crippen LogP contribution in [0.15, 0.2) is 34.9 Å². The largest absolute Gasteiger partial charge is 0.385 e. The first-order valence-corrected chi connectivity index (χ1v) is 5.88. The van der Waals surface area contributed by atoms with E-state index in [9.17, 15) is 13.6 Å². The van der Waals surface area contributed by atoms with Gasteiger partial charge in [-0.3, -0.25) is 0 Å². The van der Waals surface area contributed by atoms with Gasteiger partial charge in [-0.1, -0.05) is 11.2 Å². The maximum Gasteiger partial charge on any atom is 0.385 e. The van der Waals surface area contributed by atoms with Crippen molar-refractivity contribution in [3.8, 4) is 0 Å². The number of hydrogen-bond acceptors (Lipinski definition) is 5. The van der Waals surface area contributed by atoms with E-state index in [1.54, 1.807) is 17.5 Å². The SMILES string of the molecule is N/C(=N/OC(=O)c1ccn(C(F)F)n1)c1cccs1. The van der Waals surface area contributed by atoms with E-state index in [0.29, 0.717) is 9.56 Å². The molecule has 0 radical (unpaired) electrons. The Hall–Kier alpha value is -2.29. The lowest BCUT2D eigenvalue weighted by Crippen LogP contribution is -2.14. The second kappa shape index (κ2) is 5.57. The Morgan fingerprint density at radius 3 is 2.89 bits per heavy atom. The number of thiophene rings is 1. The summed E-state index contributed by atoms with van der Waals surface area (Å²) in [4.78, 5) is 16.6. The fourth-order valence-electron chi connectivity index (χ4n) is 1.16. The number of carbonyl (C=O) groups excluding carboxylic acids is 1. The lowest BCUT2D eigenvalue weighted by Gasteiger charge is -1.97. The summed E-state index contributed by atoms with van der Waals surface area (Å²) in [6.07, 6.45) is 0.966. The number of nitrogens with zero attached hydrogens (tertiary/aromatic N) is 3. The fraction of sp³-hybridized carbons (Fsp3) is 0.100. The molecule has 9 heteroatoms. The van der Waals surface area contributed by atoms with E-state index in [4.69, 9.17) is 5.73 Å². The summed E-state index contributed by atoms with van der Waals surface area (Å²) in [6, 6.07) is 4.56. The highest BCUT2D eigenvalue weighted by Gasteiger charge is 2.15. The molecule has 0 aliphatic carbocycles. The van der Waals surface area contributed by atoms with Crippen molar-refractivity contribution < 1.29 is 18.4 Å². The van der Waals surface area contributed by atoms with Crippen LogP contribution >= 0.6 is 11.3 Å². The van der Waals surface area contributed by atoms with Gasteiger partial charge in [0.15, 0.2) is 11.5 Å². The van der Waals surface area contributed by atoms with Crippen LogP contribution in [0.1, 0.15) is 21.9 Å². The third kappa shape index (κ3) is 3.13. The molecule has 0 aromatic carbocycles. The van der Waals surface area contributed by atoms with Crippen LogP contribution in [0.4, 0.5) is 8.78 Å². The van der Waals surface area contributed by atoms with Crippen LogP contribution in [-0.4, -0.2) is 21.6 Å². The number of alkyl halides is 2. The van der Waals surface area contributed by atoms with Gasteiger partial charge >= 0.3 is 12.5 Å². The van der Waals surface area contributed by atoms with Crippen LogP contribution in [0.3, 0.4) is 0 Å². The van der Waals surface area contributed by atoms with Gasteiger partial charge < -0.3 is 10.6 Å². The molecule has 2 N–H and O–H groups in total. The Morgan fingerprint density at radius 2 is 2.32 bits per heavy atom. The molecule has 0 unspecified atom stereocenters. The van der Waals surface area contributed by atoms with Gasteiger partial charge in [0.1, 0.15) is 0 Å². The number of rotatable bonds is 4. The standard InChI is InChI=1S/C10H8F2N4O2S/c11-10(12)16-4-3-6(14-16)9(17)18-15-8(13)7-2-1-5-19-7/h1-5,10H,(H2,13,15). The van der Waals surface area contributed by atoms with Crippen molar-refractivity contribution in [3.05, 3.63) is 40.3 Å². The number of halogens is 2. The fourth-order valence-corrected chi connectivity index (χ4v) is 1.78. The van der Waals surface area contributed by atoms with Crippen LogP contribution in [0.2, 0.25) is 0 Å². The zero-order valence-corrected chi connectivity index (χ0v) is 10.2. The van der Waals surface area contributed by atoms with Crippen molar-refractivity contribution in [1.29, 1.82) is 0 Å². The second-order valence-electron chi connectivity index (χ2n) is 3.29. The normalized spacial score (nSPS) is 11.8. The van der Waals surface area contributed by atoms with Gasteiger partial charge in [-0.25, -0.2) is 9.48 Å². The van der Waals surface area contributed by atoms with E-state index in [-0.39, 0.29) is 11.5 Å². The Morgan fingerprint density at radius 1 is 1.53 bits per heavy atom. The van der Waals surface area contributed by atoms with E-state index >= 15 is 0 Å². The highest BCUT2D eigenvalue weighted by molar-refractivity contribution is 7.12. The van der Waals surface area contributed by atoms with Crippen molar-refractivity contribution in [2.24, 2.45) is 10.9 Å². The zero-order chi connectivity index (χ0) is 13.8. The number of aromatic nitrogens is 2. The summed E-state index contributed by atoms with van der Waals surface area (Å²) in [5, 5.41) is 8.53. The summed E-state index contributed by atoms with van der Waals surface area (Å²) in [5.74, 6) is -0.935. The number of amidine groups is 1. The zero-order valence-electron chi connectivity index (χ0n) is 9.36. The second-order valence-corrected chi connectivity index (χ2v) is 4.24. The summed E-state index contributed by atoms with van der Waals surface area (Å²) in [5.41, 5.74) is 5.28. The van der Waals surface area contributed by atoms with Crippen molar-refractivity contribution in [3.63, 3.8) is 0 Å². The van der Waals surface area contributed by atoms with Gasteiger partial charge in [0.05, 0.1) is 4.88 Å². The van der Waals surface area contributed by atoms with Gasteiger partial charge in [-0.05, 0) is 17.5 Å². The maximum absolute atomic E-state index is 12.2. The molecule has 6 nitrogen and oxygen atoms in total. The molecule has 100 valence electrons.